The third-order valence-electron chi connectivity index (χ3n) is 3.38. The van der Waals surface area contributed by atoms with Gasteiger partial charge in [-0.2, -0.15) is 0 Å². The maximum atomic E-state index is 9.70. The van der Waals surface area contributed by atoms with Gasteiger partial charge in [0.15, 0.2) is 0 Å². The molecule has 1 heterocycles. The third-order valence-corrected chi connectivity index (χ3v) is 3.38. The minimum atomic E-state index is -0.112. The lowest BCUT2D eigenvalue weighted by Gasteiger charge is -2.23. The van der Waals surface area contributed by atoms with Crippen molar-refractivity contribution in [2.24, 2.45) is 0 Å². The molecule has 0 bridgehead atoms. The molecule has 2 rings (SSSR count). The molecule has 1 saturated heterocycles. The first kappa shape index (κ1) is 10.4. The minimum absolute atomic E-state index is 0.112. The molecule has 0 aromatic rings. The van der Waals surface area contributed by atoms with E-state index in [1.165, 1.54) is 12.8 Å². The molecule has 2 aliphatic rings. The highest BCUT2D eigenvalue weighted by Crippen LogP contribution is 2.20. The predicted octanol–water partition coefficient (Wildman–Crippen LogP) is 1.06. The van der Waals surface area contributed by atoms with E-state index in [9.17, 15) is 5.11 Å². The van der Waals surface area contributed by atoms with E-state index in [1.807, 2.05) is 0 Å². The molecule has 1 aliphatic carbocycles. The second-order valence-corrected chi connectivity index (χ2v) is 4.51. The number of hydrogen-bond acceptors (Lipinski definition) is 3. The van der Waals surface area contributed by atoms with Crippen LogP contribution in [0.5, 0.6) is 0 Å². The van der Waals surface area contributed by atoms with Gasteiger partial charge >= 0.3 is 0 Å². The smallest absolute Gasteiger partial charge is 0.0693 e. The zero-order chi connectivity index (χ0) is 9.80. The highest BCUT2D eigenvalue weighted by molar-refractivity contribution is 4.85. The quantitative estimate of drug-likeness (QED) is 0.698. The predicted molar refractivity (Wildman–Crippen MR) is 55.2 cm³/mol. The molecule has 0 spiro atoms. The van der Waals surface area contributed by atoms with Crippen molar-refractivity contribution >= 4 is 0 Å². The van der Waals surface area contributed by atoms with Crippen LogP contribution in [0.15, 0.2) is 0 Å². The molecule has 1 aliphatic heterocycles. The van der Waals surface area contributed by atoms with E-state index >= 15 is 0 Å². The number of hydrogen-bond donors (Lipinski definition) is 2. The maximum Gasteiger partial charge on any atom is 0.0693 e. The number of nitrogens with one attached hydrogen (secondary N) is 1. The van der Waals surface area contributed by atoms with Crippen molar-refractivity contribution < 1.29 is 9.84 Å². The molecule has 3 atom stereocenters. The summed E-state index contributed by atoms with van der Waals surface area (Å²) in [5.74, 6) is 0. The van der Waals surface area contributed by atoms with Gasteiger partial charge in [-0.3, -0.25) is 0 Å². The fourth-order valence-electron chi connectivity index (χ4n) is 2.51. The lowest BCUT2D eigenvalue weighted by molar-refractivity contribution is 0.131. The molecule has 0 amide bonds. The number of ether oxygens (including phenoxy) is 1. The van der Waals surface area contributed by atoms with Gasteiger partial charge in [-0.25, -0.2) is 0 Å². The zero-order valence-corrected chi connectivity index (χ0v) is 8.74. The molecule has 82 valence electrons. The summed E-state index contributed by atoms with van der Waals surface area (Å²) in [6.45, 7) is 1.78. The fourth-order valence-corrected chi connectivity index (χ4v) is 2.51. The molecule has 0 aromatic heterocycles. The molecule has 0 radical (unpaired) electrons. The summed E-state index contributed by atoms with van der Waals surface area (Å²) in [5, 5.41) is 13.3. The molecule has 3 nitrogen and oxygen atoms in total. The number of rotatable bonds is 2. The van der Waals surface area contributed by atoms with Crippen molar-refractivity contribution in [1.82, 2.24) is 5.32 Å². The Bertz CT molecular complexity index is 167. The van der Waals surface area contributed by atoms with Crippen molar-refractivity contribution in [1.29, 1.82) is 0 Å². The summed E-state index contributed by atoms with van der Waals surface area (Å²) in [6.07, 6.45) is 6.62. The normalized spacial score (nSPS) is 39.6. The van der Waals surface area contributed by atoms with E-state index < -0.39 is 0 Å². The minimum Gasteiger partial charge on any atom is -0.392 e. The fraction of sp³-hybridized carbons (Fsp3) is 1.00. The van der Waals surface area contributed by atoms with Crippen LogP contribution in [0.2, 0.25) is 0 Å². The van der Waals surface area contributed by atoms with Crippen LogP contribution in [-0.2, 0) is 4.74 Å². The number of aliphatic hydroxyl groups is 1. The van der Waals surface area contributed by atoms with Gasteiger partial charge in [-0.1, -0.05) is 0 Å². The van der Waals surface area contributed by atoms with Gasteiger partial charge in [0.05, 0.1) is 6.10 Å². The Morgan fingerprint density at radius 2 is 1.93 bits per heavy atom. The van der Waals surface area contributed by atoms with Gasteiger partial charge in [0, 0.05) is 25.3 Å². The molecule has 2 fully saturated rings. The van der Waals surface area contributed by atoms with Gasteiger partial charge < -0.3 is 15.2 Å². The molecule has 0 aromatic carbocycles. The summed E-state index contributed by atoms with van der Waals surface area (Å²) >= 11 is 0. The summed E-state index contributed by atoms with van der Waals surface area (Å²) in [5.41, 5.74) is 0. The molecule has 2 N–H and O–H groups in total. The Morgan fingerprint density at radius 3 is 2.71 bits per heavy atom. The molecule has 3 heteroatoms. The Morgan fingerprint density at radius 1 is 1.00 bits per heavy atom. The lowest BCUT2D eigenvalue weighted by atomic mass is 10.1. The molecule has 1 saturated carbocycles. The first-order valence-corrected chi connectivity index (χ1v) is 5.88. The highest BCUT2D eigenvalue weighted by atomic mass is 16.5. The van der Waals surface area contributed by atoms with Crippen LogP contribution in [0.1, 0.15) is 38.5 Å². The Balaban J connectivity index is 1.77. The third kappa shape index (κ3) is 2.69. The highest BCUT2D eigenvalue weighted by Gasteiger charge is 2.27. The van der Waals surface area contributed by atoms with E-state index in [2.05, 4.69) is 5.32 Å². The van der Waals surface area contributed by atoms with Crippen molar-refractivity contribution in [3.8, 4) is 0 Å². The summed E-state index contributed by atoms with van der Waals surface area (Å²) < 4.78 is 5.41. The molecule has 3 unspecified atom stereocenters. The van der Waals surface area contributed by atoms with Crippen LogP contribution in [-0.4, -0.2) is 36.5 Å². The molecule has 14 heavy (non-hydrogen) atoms. The van der Waals surface area contributed by atoms with Gasteiger partial charge in [0.1, 0.15) is 0 Å². The standard InChI is InChI=1S/C11H21NO2/c13-11-5-1-4-10(11)12-9-3-2-7-14-8-6-9/h9-13H,1-8H2. The van der Waals surface area contributed by atoms with E-state index in [4.69, 9.17) is 4.74 Å². The van der Waals surface area contributed by atoms with Gasteiger partial charge in [0.2, 0.25) is 0 Å². The molecular formula is C11H21NO2. The van der Waals surface area contributed by atoms with Crippen molar-refractivity contribution in [2.75, 3.05) is 13.2 Å². The first-order valence-electron chi connectivity index (χ1n) is 5.88. The van der Waals surface area contributed by atoms with Crippen LogP contribution < -0.4 is 5.32 Å². The first-order chi connectivity index (χ1) is 6.86. The van der Waals surface area contributed by atoms with Crippen LogP contribution in [0.25, 0.3) is 0 Å². The lowest BCUT2D eigenvalue weighted by Crippen LogP contribution is -2.42. The number of aliphatic hydroxyl groups excluding tert-OH is 1. The van der Waals surface area contributed by atoms with Crippen molar-refractivity contribution in [2.45, 2.75) is 56.7 Å². The van der Waals surface area contributed by atoms with Crippen molar-refractivity contribution in [3.63, 3.8) is 0 Å². The van der Waals surface area contributed by atoms with E-state index in [0.717, 1.165) is 38.9 Å². The van der Waals surface area contributed by atoms with Gasteiger partial charge in [-0.15, -0.1) is 0 Å². The van der Waals surface area contributed by atoms with E-state index in [-0.39, 0.29) is 6.10 Å². The SMILES string of the molecule is OC1CCCC1NC1CCCOCC1. The van der Waals surface area contributed by atoms with Crippen LogP contribution in [0.4, 0.5) is 0 Å². The summed E-state index contributed by atoms with van der Waals surface area (Å²) in [4.78, 5) is 0. The van der Waals surface area contributed by atoms with Crippen molar-refractivity contribution in [3.05, 3.63) is 0 Å². The Hall–Kier alpha value is -0.120. The monoisotopic (exact) mass is 199 g/mol. The van der Waals surface area contributed by atoms with Crippen LogP contribution in [0.3, 0.4) is 0 Å². The van der Waals surface area contributed by atoms with E-state index in [1.54, 1.807) is 0 Å². The Labute approximate surface area is 85.8 Å². The summed E-state index contributed by atoms with van der Waals surface area (Å²) in [7, 11) is 0. The zero-order valence-electron chi connectivity index (χ0n) is 8.74. The molecular weight excluding hydrogens is 178 g/mol. The van der Waals surface area contributed by atoms with Gasteiger partial charge in [0.25, 0.3) is 0 Å². The largest absolute Gasteiger partial charge is 0.392 e. The van der Waals surface area contributed by atoms with Crippen LogP contribution >= 0.6 is 0 Å². The average molecular weight is 199 g/mol. The van der Waals surface area contributed by atoms with Gasteiger partial charge in [-0.05, 0) is 38.5 Å². The summed E-state index contributed by atoms with van der Waals surface area (Å²) in [6, 6.07) is 0.911. The van der Waals surface area contributed by atoms with Crippen LogP contribution in [0, 0.1) is 0 Å². The maximum absolute atomic E-state index is 9.70. The second kappa shape index (κ2) is 5.10. The Kier molecular flexibility index (Phi) is 3.79. The second-order valence-electron chi connectivity index (χ2n) is 4.51. The van der Waals surface area contributed by atoms with E-state index in [0.29, 0.717) is 12.1 Å². The average Bonchev–Trinajstić information content (AvgIpc) is 2.44. The topological polar surface area (TPSA) is 41.5 Å².